The molecule has 15 heavy (non-hydrogen) atoms. The Morgan fingerprint density at radius 1 is 1.40 bits per heavy atom. The highest BCUT2D eigenvalue weighted by molar-refractivity contribution is 5.99. The summed E-state index contributed by atoms with van der Waals surface area (Å²) in [4.78, 5) is 11.8. The van der Waals surface area contributed by atoms with Crippen molar-refractivity contribution >= 4 is 5.78 Å². The lowest BCUT2D eigenvalue weighted by Gasteiger charge is -2.11. The van der Waals surface area contributed by atoms with Crippen LogP contribution in [0.1, 0.15) is 24.2 Å². The molecule has 78 valence electrons. The summed E-state index contributed by atoms with van der Waals surface area (Å²) in [5.41, 5.74) is -0.00208. The molecule has 0 N–H and O–H groups in total. The summed E-state index contributed by atoms with van der Waals surface area (Å²) in [5, 5.41) is 8.83. The van der Waals surface area contributed by atoms with E-state index in [9.17, 15) is 9.18 Å². The minimum Gasteiger partial charge on any atom is -0.293 e. The Morgan fingerprint density at radius 2 is 2.00 bits per heavy atom. The van der Waals surface area contributed by atoms with Gasteiger partial charge in [-0.1, -0.05) is 26.0 Å². The number of benzene rings is 1. The van der Waals surface area contributed by atoms with Crippen LogP contribution in [0, 0.1) is 29.0 Å². The molecule has 0 amide bonds. The average Bonchev–Trinajstić information content (AvgIpc) is 2.18. The van der Waals surface area contributed by atoms with Gasteiger partial charge in [-0.05, 0) is 18.1 Å². The second kappa shape index (κ2) is 4.70. The fourth-order valence-corrected chi connectivity index (χ4v) is 1.34. The molecule has 1 unspecified atom stereocenters. The molecule has 2 nitrogen and oxygen atoms in total. The summed E-state index contributed by atoms with van der Waals surface area (Å²) in [5.74, 6) is -1.89. The van der Waals surface area contributed by atoms with Crippen LogP contribution < -0.4 is 0 Å². The van der Waals surface area contributed by atoms with E-state index in [1.54, 1.807) is 19.9 Å². The Morgan fingerprint density at radius 3 is 2.47 bits per heavy atom. The molecule has 0 aromatic heterocycles. The van der Waals surface area contributed by atoms with Crippen LogP contribution in [0.25, 0.3) is 0 Å². The second-order valence-electron chi connectivity index (χ2n) is 3.69. The molecule has 0 aliphatic heterocycles. The topological polar surface area (TPSA) is 40.9 Å². The van der Waals surface area contributed by atoms with Crippen LogP contribution in [0.15, 0.2) is 24.3 Å². The van der Waals surface area contributed by atoms with E-state index in [1.807, 2.05) is 6.07 Å². The maximum atomic E-state index is 13.3. The smallest absolute Gasteiger partial charge is 0.183 e. The van der Waals surface area contributed by atoms with Gasteiger partial charge in [0.15, 0.2) is 5.78 Å². The van der Waals surface area contributed by atoms with Gasteiger partial charge in [0.05, 0.1) is 11.6 Å². The minimum absolute atomic E-state index is 0.00208. The third kappa shape index (κ3) is 2.41. The van der Waals surface area contributed by atoms with Crippen molar-refractivity contribution in [3.8, 4) is 6.07 Å². The number of rotatable bonds is 3. The Labute approximate surface area is 88.3 Å². The van der Waals surface area contributed by atoms with Crippen LogP contribution in [0.4, 0.5) is 4.39 Å². The number of carbonyl (C=O) groups is 1. The summed E-state index contributed by atoms with van der Waals surface area (Å²) in [6.45, 7) is 3.54. The summed E-state index contributed by atoms with van der Waals surface area (Å²) in [6.07, 6.45) is 0. The van der Waals surface area contributed by atoms with E-state index in [1.165, 1.54) is 18.2 Å². The molecule has 0 aliphatic carbocycles. The standard InChI is InChI=1S/C12H12FNO/c1-8(2)10(7-14)12(15)9-5-3-4-6-11(9)13/h3-6,8,10H,1-2H3. The van der Waals surface area contributed by atoms with Crippen LogP contribution in [-0.2, 0) is 0 Å². The highest BCUT2D eigenvalue weighted by Gasteiger charge is 2.24. The SMILES string of the molecule is CC(C)C(C#N)C(=O)c1ccccc1F. The number of hydrogen-bond donors (Lipinski definition) is 0. The maximum absolute atomic E-state index is 13.3. The van der Waals surface area contributed by atoms with Gasteiger partial charge in [-0.2, -0.15) is 5.26 Å². The minimum atomic E-state index is -0.776. The van der Waals surface area contributed by atoms with Crippen molar-refractivity contribution in [1.29, 1.82) is 5.26 Å². The molecule has 1 rings (SSSR count). The summed E-state index contributed by atoms with van der Waals surface area (Å²) < 4.78 is 13.3. The van der Waals surface area contributed by atoms with Gasteiger partial charge < -0.3 is 0 Å². The molecule has 0 spiro atoms. The number of ketones is 1. The Bertz CT molecular complexity index is 406. The van der Waals surface area contributed by atoms with Crippen LogP contribution in [0.5, 0.6) is 0 Å². The molecular weight excluding hydrogens is 193 g/mol. The number of Topliss-reactive ketones (excluding diaryl/α,β-unsaturated/α-hetero) is 1. The molecule has 1 aromatic carbocycles. The summed E-state index contributed by atoms with van der Waals surface area (Å²) >= 11 is 0. The van der Waals surface area contributed by atoms with Crippen LogP contribution in [0.3, 0.4) is 0 Å². The van der Waals surface area contributed by atoms with E-state index in [4.69, 9.17) is 5.26 Å². The van der Waals surface area contributed by atoms with Gasteiger partial charge in [0.2, 0.25) is 0 Å². The summed E-state index contributed by atoms with van der Waals surface area (Å²) in [6, 6.07) is 7.65. The average molecular weight is 205 g/mol. The highest BCUT2D eigenvalue weighted by atomic mass is 19.1. The number of carbonyl (C=O) groups excluding carboxylic acids is 1. The van der Waals surface area contributed by atoms with Gasteiger partial charge in [0.25, 0.3) is 0 Å². The lowest BCUT2D eigenvalue weighted by Crippen LogP contribution is -2.19. The largest absolute Gasteiger partial charge is 0.293 e. The van der Waals surface area contributed by atoms with E-state index >= 15 is 0 Å². The van der Waals surface area contributed by atoms with Crippen LogP contribution in [0.2, 0.25) is 0 Å². The Kier molecular flexibility index (Phi) is 3.56. The van der Waals surface area contributed by atoms with Gasteiger partial charge >= 0.3 is 0 Å². The molecule has 0 saturated carbocycles. The third-order valence-electron chi connectivity index (χ3n) is 2.23. The fourth-order valence-electron chi connectivity index (χ4n) is 1.34. The zero-order valence-corrected chi connectivity index (χ0v) is 8.70. The van der Waals surface area contributed by atoms with Crippen LogP contribution in [-0.4, -0.2) is 5.78 Å². The zero-order chi connectivity index (χ0) is 11.4. The van der Waals surface area contributed by atoms with E-state index in [0.717, 1.165) is 0 Å². The Hall–Kier alpha value is -1.69. The molecule has 0 aliphatic rings. The van der Waals surface area contributed by atoms with Crippen molar-refractivity contribution in [3.63, 3.8) is 0 Å². The zero-order valence-electron chi connectivity index (χ0n) is 8.70. The number of halogens is 1. The van der Waals surface area contributed by atoms with Crippen molar-refractivity contribution < 1.29 is 9.18 Å². The van der Waals surface area contributed by atoms with E-state index in [-0.39, 0.29) is 11.5 Å². The maximum Gasteiger partial charge on any atom is 0.183 e. The van der Waals surface area contributed by atoms with Gasteiger partial charge in [-0.3, -0.25) is 4.79 Å². The third-order valence-corrected chi connectivity index (χ3v) is 2.23. The predicted molar refractivity (Wildman–Crippen MR) is 54.7 cm³/mol. The molecular formula is C12H12FNO. The lowest BCUT2D eigenvalue weighted by molar-refractivity contribution is 0.0920. The predicted octanol–water partition coefficient (Wildman–Crippen LogP) is 2.80. The van der Waals surface area contributed by atoms with Crippen LogP contribution >= 0.6 is 0 Å². The molecule has 0 saturated heterocycles. The highest BCUT2D eigenvalue weighted by Crippen LogP contribution is 2.18. The number of nitriles is 1. The van der Waals surface area contributed by atoms with E-state index < -0.39 is 17.5 Å². The lowest BCUT2D eigenvalue weighted by atomic mass is 9.89. The summed E-state index contributed by atoms with van der Waals surface area (Å²) in [7, 11) is 0. The van der Waals surface area contributed by atoms with Crippen molar-refractivity contribution in [2.45, 2.75) is 13.8 Å². The first-order valence-corrected chi connectivity index (χ1v) is 4.76. The van der Waals surface area contributed by atoms with E-state index in [2.05, 4.69) is 0 Å². The normalized spacial score (nSPS) is 12.2. The number of nitrogens with zero attached hydrogens (tertiary/aromatic N) is 1. The molecule has 0 radical (unpaired) electrons. The van der Waals surface area contributed by atoms with Crippen molar-refractivity contribution in [3.05, 3.63) is 35.6 Å². The van der Waals surface area contributed by atoms with Gasteiger partial charge in [0.1, 0.15) is 11.7 Å². The molecule has 0 fully saturated rings. The van der Waals surface area contributed by atoms with Gasteiger partial charge in [-0.15, -0.1) is 0 Å². The van der Waals surface area contributed by atoms with Gasteiger partial charge in [-0.25, -0.2) is 4.39 Å². The van der Waals surface area contributed by atoms with Crippen molar-refractivity contribution in [2.24, 2.45) is 11.8 Å². The molecule has 0 bridgehead atoms. The molecule has 1 aromatic rings. The Balaban J connectivity index is 3.05. The van der Waals surface area contributed by atoms with E-state index in [0.29, 0.717) is 0 Å². The first-order valence-electron chi connectivity index (χ1n) is 4.76. The van der Waals surface area contributed by atoms with Crippen molar-refractivity contribution in [2.75, 3.05) is 0 Å². The fraction of sp³-hybridized carbons (Fsp3) is 0.333. The van der Waals surface area contributed by atoms with Gasteiger partial charge in [0, 0.05) is 0 Å². The monoisotopic (exact) mass is 205 g/mol. The second-order valence-corrected chi connectivity index (χ2v) is 3.69. The molecule has 3 heteroatoms. The molecule has 0 heterocycles. The number of hydrogen-bond acceptors (Lipinski definition) is 2. The first-order chi connectivity index (χ1) is 7.07. The quantitative estimate of drug-likeness (QED) is 0.712. The first kappa shape index (κ1) is 11.4. The van der Waals surface area contributed by atoms with Crippen molar-refractivity contribution in [1.82, 2.24) is 0 Å². The molecule has 1 atom stereocenters.